The molecule has 0 aromatic heterocycles. The minimum absolute atomic E-state index is 0.00370. The Kier molecular flexibility index (Phi) is 3.98. The number of ketones is 1. The molecular formula is C11H16O5. The van der Waals surface area contributed by atoms with Crippen LogP contribution in [0.25, 0.3) is 0 Å². The van der Waals surface area contributed by atoms with Gasteiger partial charge in [-0.3, -0.25) is 4.79 Å². The summed E-state index contributed by atoms with van der Waals surface area (Å²) >= 11 is 0. The summed E-state index contributed by atoms with van der Waals surface area (Å²) in [6, 6.07) is 0. The van der Waals surface area contributed by atoms with Crippen LogP contribution in [-0.2, 0) is 4.79 Å². The quantitative estimate of drug-likeness (QED) is 0.450. The molecule has 0 bridgehead atoms. The van der Waals surface area contributed by atoms with Gasteiger partial charge in [0, 0.05) is 0 Å². The molecule has 0 saturated carbocycles. The van der Waals surface area contributed by atoms with E-state index in [2.05, 4.69) is 0 Å². The van der Waals surface area contributed by atoms with Crippen molar-refractivity contribution in [3.63, 3.8) is 0 Å². The Bertz CT molecular complexity index is 340. The summed E-state index contributed by atoms with van der Waals surface area (Å²) in [5.74, 6) is -0.714. The minimum Gasteiger partial charge on any atom is -0.387 e. The Morgan fingerprint density at radius 3 is 2.38 bits per heavy atom. The van der Waals surface area contributed by atoms with Gasteiger partial charge in [-0.15, -0.1) is 0 Å². The molecule has 16 heavy (non-hydrogen) atoms. The second-order valence-corrected chi connectivity index (χ2v) is 4.12. The lowest BCUT2D eigenvalue weighted by Gasteiger charge is -2.29. The van der Waals surface area contributed by atoms with E-state index in [1.165, 1.54) is 6.08 Å². The van der Waals surface area contributed by atoms with Crippen LogP contribution in [0.1, 0.15) is 13.8 Å². The first-order valence-corrected chi connectivity index (χ1v) is 4.97. The fourth-order valence-electron chi connectivity index (χ4n) is 1.55. The first kappa shape index (κ1) is 13.1. The van der Waals surface area contributed by atoms with Crippen molar-refractivity contribution in [1.82, 2.24) is 0 Å². The average molecular weight is 228 g/mol. The number of carbonyl (C=O) groups excluding carboxylic acids is 1. The summed E-state index contributed by atoms with van der Waals surface area (Å²) in [5, 5.41) is 37.8. The number of hydrogen-bond acceptors (Lipinski definition) is 5. The molecule has 0 radical (unpaired) electrons. The maximum absolute atomic E-state index is 11.2. The summed E-state index contributed by atoms with van der Waals surface area (Å²) < 4.78 is 0. The number of allylic oxidation sites excluding steroid dienone is 1. The molecule has 4 atom stereocenters. The van der Waals surface area contributed by atoms with Gasteiger partial charge in [0.1, 0.15) is 18.3 Å². The normalized spacial score (nSPS) is 32.0. The monoisotopic (exact) mass is 228 g/mol. The van der Waals surface area contributed by atoms with Crippen molar-refractivity contribution in [3.8, 4) is 0 Å². The van der Waals surface area contributed by atoms with Gasteiger partial charge in [-0.2, -0.15) is 0 Å². The first-order valence-electron chi connectivity index (χ1n) is 4.97. The third-order valence-corrected chi connectivity index (χ3v) is 2.42. The Labute approximate surface area is 93.3 Å². The zero-order valence-electron chi connectivity index (χ0n) is 9.16. The summed E-state index contributed by atoms with van der Waals surface area (Å²) in [4.78, 5) is 11.2. The van der Waals surface area contributed by atoms with Gasteiger partial charge in [0.25, 0.3) is 0 Å². The van der Waals surface area contributed by atoms with E-state index < -0.39 is 30.2 Å². The smallest absolute Gasteiger partial charge is 0.187 e. The van der Waals surface area contributed by atoms with Crippen LogP contribution in [-0.4, -0.2) is 50.6 Å². The molecule has 0 aromatic rings. The van der Waals surface area contributed by atoms with E-state index in [0.29, 0.717) is 0 Å². The van der Waals surface area contributed by atoms with Crippen molar-refractivity contribution in [3.05, 3.63) is 23.3 Å². The molecule has 1 rings (SSSR count). The lowest BCUT2D eigenvalue weighted by Crippen LogP contribution is -2.48. The van der Waals surface area contributed by atoms with E-state index in [1.54, 1.807) is 13.8 Å². The summed E-state index contributed by atoms with van der Waals surface area (Å²) in [6.07, 6.45) is -3.35. The Hall–Kier alpha value is -1.01. The molecule has 0 spiro atoms. The maximum atomic E-state index is 11.2. The number of aliphatic hydroxyl groups excluding tert-OH is 4. The van der Waals surface area contributed by atoms with E-state index in [4.69, 9.17) is 0 Å². The van der Waals surface area contributed by atoms with Crippen LogP contribution in [0.5, 0.6) is 0 Å². The second kappa shape index (κ2) is 4.88. The molecule has 4 unspecified atom stereocenters. The van der Waals surface area contributed by atoms with Gasteiger partial charge in [0.15, 0.2) is 5.78 Å². The van der Waals surface area contributed by atoms with E-state index in [1.807, 2.05) is 0 Å². The van der Waals surface area contributed by atoms with Crippen molar-refractivity contribution in [2.75, 3.05) is 0 Å². The SMILES string of the molecule is CC(C)=CC(O)C1=CC(=O)C(O)C(O)C1O. The molecule has 1 aliphatic carbocycles. The standard InChI is InChI=1S/C11H16O5/c1-5(2)3-7(12)6-4-8(13)10(15)11(16)9(6)14/h3-4,7,9-12,14-16H,1-2H3. The molecule has 5 nitrogen and oxygen atoms in total. The van der Waals surface area contributed by atoms with Crippen LogP contribution in [0, 0.1) is 0 Å². The largest absolute Gasteiger partial charge is 0.387 e. The lowest BCUT2D eigenvalue weighted by atomic mass is 9.87. The molecule has 5 heteroatoms. The van der Waals surface area contributed by atoms with E-state index >= 15 is 0 Å². The van der Waals surface area contributed by atoms with Crippen LogP contribution in [0.3, 0.4) is 0 Å². The summed E-state index contributed by atoms with van der Waals surface area (Å²) in [6.45, 7) is 3.51. The average Bonchev–Trinajstić information content (AvgIpc) is 2.19. The first-order chi connectivity index (χ1) is 7.34. The van der Waals surface area contributed by atoms with Crippen molar-refractivity contribution in [2.24, 2.45) is 0 Å². The van der Waals surface area contributed by atoms with Gasteiger partial charge >= 0.3 is 0 Å². The number of rotatable bonds is 2. The van der Waals surface area contributed by atoms with Gasteiger partial charge in [0.05, 0.1) is 6.10 Å². The van der Waals surface area contributed by atoms with E-state index in [0.717, 1.165) is 11.6 Å². The molecular weight excluding hydrogens is 212 g/mol. The Balaban J connectivity index is 3.00. The van der Waals surface area contributed by atoms with Crippen LogP contribution in [0.15, 0.2) is 23.3 Å². The zero-order valence-corrected chi connectivity index (χ0v) is 9.16. The third-order valence-electron chi connectivity index (χ3n) is 2.42. The fourth-order valence-corrected chi connectivity index (χ4v) is 1.55. The predicted octanol–water partition coefficient (Wildman–Crippen LogP) is -1.09. The molecule has 0 aliphatic heterocycles. The molecule has 0 heterocycles. The summed E-state index contributed by atoms with van der Waals surface area (Å²) in [5.41, 5.74) is 0.817. The van der Waals surface area contributed by atoms with Crippen LogP contribution >= 0.6 is 0 Å². The van der Waals surface area contributed by atoms with Crippen molar-refractivity contribution < 1.29 is 25.2 Å². The molecule has 0 fully saturated rings. The zero-order chi connectivity index (χ0) is 12.5. The number of carbonyl (C=O) groups is 1. The predicted molar refractivity (Wildman–Crippen MR) is 56.5 cm³/mol. The number of hydrogen-bond donors (Lipinski definition) is 4. The Morgan fingerprint density at radius 2 is 1.88 bits per heavy atom. The van der Waals surface area contributed by atoms with Gasteiger partial charge in [-0.25, -0.2) is 0 Å². The molecule has 1 aliphatic rings. The van der Waals surface area contributed by atoms with Crippen molar-refractivity contribution in [1.29, 1.82) is 0 Å². The highest BCUT2D eigenvalue weighted by molar-refractivity contribution is 5.96. The lowest BCUT2D eigenvalue weighted by molar-refractivity contribution is -0.135. The fraction of sp³-hybridized carbons (Fsp3) is 0.545. The van der Waals surface area contributed by atoms with E-state index in [-0.39, 0.29) is 5.57 Å². The third kappa shape index (κ3) is 2.56. The minimum atomic E-state index is -1.63. The van der Waals surface area contributed by atoms with Gasteiger partial charge in [0.2, 0.25) is 0 Å². The molecule has 0 amide bonds. The highest BCUT2D eigenvalue weighted by Crippen LogP contribution is 2.21. The Morgan fingerprint density at radius 1 is 1.31 bits per heavy atom. The van der Waals surface area contributed by atoms with Gasteiger partial charge < -0.3 is 20.4 Å². The highest BCUT2D eigenvalue weighted by atomic mass is 16.4. The van der Waals surface area contributed by atoms with Gasteiger partial charge in [-0.1, -0.05) is 11.6 Å². The van der Waals surface area contributed by atoms with Gasteiger partial charge in [-0.05, 0) is 25.5 Å². The molecule has 4 N–H and O–H groups in total. The highest BCUT2D eigenvalue weighted by Gasteiger charge is 2.38. The molecule has 0 saturated heterocycles. The van der Waals surface area contributed by atoms with E-state index in [9.17, 15) is 25.2 Å². The van der Waals surface area contributed by atoms with Crippen molar-refractivity contribution in [2.45, 2.75) is 38.3 Å². The molecule has 0 aromatic carbocycles. The topological polar surface area (TPSA) is 98.0 Å². The summed E-state index contributed by atoms with van der Waals surface area (Å²) in [7, 11) is 0. The second-order valence-electron chi connectivity index (χ2n) is 4.12. The van der Waals surface area contributed by atoms with Crippen LogP contribution in [0.4, 0.5) is 0 Å². The van der Waals surface area contributed by atoms with Crippen LogP contribution < -0.4 is 0 Å². The number of aliphatic hydroxyl groups is 4. The van der Waals surface area contributed by atoms with Crippen molar-refractivity contribution >= 4 is 5.78 Å². The molecule has 90 valence electrons. The van der Waals surface area contributed by atoms with Crippen LogP contribution in [0.2, 0.25) is 0 Å². The maximum Gasteiger partial charge on any atom is 0.187 e.